The summed E-state index contributed by atoms with van der Waals surface area (Å²) in [5, 5.41) is 4.18. The fourth-order valence-electron chi connectivity index (χ4n) is 3.02. The Kier molecular flexibility index (Phi) is 5.39. The van der Waals surface area contributed by atoms with E-state index in [1.165, 1.54) is 16.6 Å². The minimum absolute atomic E-state index is 0.0505. The van der Waals surface area contributed by atoms with Crippen molar-refractivity contribution in [3.8, 4) is 5.75 Å². The minimum atomic E-state index is -0.0874. The van der Waals surface area contributed by atoms with E-state index in [0.29, 0.717) is 6.54 Å². The monoisotopic (exact) mass is 336 g/mol. The largest absolute Gasteiger partial charge is 0.484 e. The quantitative estimate of drug-likeness (QED) is 0.666. The maximum Gasteiger partial charge on any atom is 0.257 e. The molecule has 130 valence electrons. The molecule has 3 rings (SSSR count). The zero-order valence-corrected chi connectivity index (χ0v) is 14.8. The number of aryl methyl sites for hydroxylation is 3. The third-order valence-electron chi connectivity index (χ3n) is 4.26. The third kappa shape index (κ3) is 4.41. The molecule has 0 aliphatic carbocycles. The zero-order valence-electron chi connectivity index (χ0n) is 14.8. The third-order valence-corrected chi connectivity index (χ3v) is 4.26. The topological polar surface area (TPSA) is 43.3 Å². The molecule has 0 saturated heterocycles. The van der Waals surface area contributed by atoms with Crippen molar-refractivity contribution in [2.45, 2.75) is 26.8 Å². The first-order chi connectivity index (χ1) is 12.1. The highest BCUT2D eigenvalue weighted by molar-refractivity contribution is 5.81. The van der Waals surface area contributed by atoms with Crippen LogP contribution in [0.25, 0.3) is 10.9 Å². The summed E-state index contributed by atoms with van der Waals surface area (Å²) in [6, 6.07) is 18.3. The Hall–Kier alpha value is -2.75. The predicted molar refractivity (Wildman–Crippen MR) is 101 cm³/mol. The van der Waals surface area contributed by atoms with Gasteiger partial charge < -0.3 is 14.6 Å². The van der Waals surface area contributed by atoms with E-state index in [0.717, 1.165) is 24.3 Å². The number of carbonyl (C=O) groups is 1. The van der Waals surface area contributed by atoms with Gasteiger partial charge in [0.25, 0.3) is 5.91 Å². The molecule has 1 amide bonds. The molecule has 0 aliphatic rings. The lowest BCUT2D eigenvalue weighted by Crippen LogP contribution is -2.30. The van der Waals surface area contributed by atoms with E-state index in [-0.39, 0.29) is 12.5 Å². The average Bonchev–Trinajstić information content (AvgIpc) is 2.92. The first kappa shape index (κ1) is 17.1. The lowest BCUT2D eigenvalue weighted by atomic mass is 10.2. The Morgan fingerprint density at radius 3 is 2.76 bits per heavy atom. The number of amides is 1. The second-order valence-electron chi connectivity index (χ2n) is 6.30. The molecule has 0 atom stereocenters. The summed E-state index contributed by atoms with van der Waals surface area (Å²) in [7, 11) is 0. The number of hydrogen-bond acceptors (Lipinski definition) is 2. The summed E-state index contributed by atoms with van der Waals surface area (Å²) >= 11 is 0. The van der Waals surface area contributed by atoms with E-state index in [2.05, 4.69) is 47.1 Å². The number of benzene rings is 2. The van der Waals surface area contributed by atoms with Gasteiger partial charge in [-0.1, -0.05) is 30.3 Å². The van der Waals surface area contributed by atoms with E-state index in [4.69, 9.17) is 4.74 Å². The smallest absolute Gasteiger partial charge is 0.257 e. The van der Waals surface area contributed by atoms with Crippen LogP contribution >= 0.6 is 0 Å². The fourth-order valence-corrected chi connectivity index (χ4v) is 3.02. The Labute approximate surface area is 148 Å². The first-order valence-corrected chi connectivity index (χ1v) is 8.64. The van der Waals surface area contributed by atoms with Gasteiger partial charge in [-0.3, -0.25) is 4.79 Å². The number of aromatic nitrogens is 1. The van der Waals surface area contributed by atoms with Crippen LogP contribution in [0, 0.1) is 13.8 Å². The number of carbonyl (C=O) groups excluding carboxylic acids is 1. The highest BCUT2D eigenvalue weighted by Gasteiger charge is 2.06. The van der Waals surface area contributed by atoms with Crippen LogP contribution in [-0.4, -0.2) is 23.6 Å². The van der Waals surface area contributed by atoms with Gasteiger partial charge in [0, 0.05) is 24.3 Å². The fraction of sp³-hybridized carbons (Fsp3) is 0.286. The van der Waals surface area contributed by atoms with Crippen molar-refractivity contribution in [3.05, 3.63) is 65.9 Å². The lowest BCUT2D eigenvalue weighted by molar-refractivity contribution is -0.123. The summed E-state index contributed by atoms with van der Waals surface area (Å²) in [4.78, 5) is 11.9. The number of rotatable bonds is 7. The number of nitrogens with zero attached hydrogens (tertiary/aromatic N) is 1. The Bertz CT molecular complexity index is 867. The average molecular weight is 336 g/mol. The molecule has 0 unspecified atom stereocenters. The Balaban J connectivity index is 1.43. The van der Waals surface area contributed by atoms with Crippen molar-refractivity contribution in [1.29, 1.82) is 0 Å². The van der Waals surface area contributed by atoms with Gasteiger partial charge in [-0.15, -0.1) is 0 Å². The summed E-state index contributed by atoms with van der Waals surface area (Å²) in [5.74, 6) is 0.639. The SMILES string of the molecule is Cc1cccc(OCC(=O)NCCCn2c(C)cc3ccccc32)c1. The van der Waals surface area contributed by atoms with E-state index in [9.17, 15) is 4.79 Å². The molecule has 2 aromatic carbocycles. The lowest BCUT2D eigenvalue weighted by Gasteiger charge is -2.10. The van der Waals surface area contributed by atoms with E-state index in [1.54, 1.807) is 0 Å². The summed E-state index contributed by atoms with van der Waals surface area (Å²) < 4.78 is 7.81. The molecule has 0 fully saturated rings. The molecule has 3 aromatic rings. The Morgan fingerprint density at radius 1 is 1.08 bits per heavy atom. The van der Waals surface area contributed by atoms with Crippen molar-refractivity contribution in [3.63, 3.8) is 0 Å². The molecule has 0 radical (unpaired) electrons. The van der Waals surface area contributed by atoms with Gasteiger partial charge in [-0.05, 0) is 55.5 Å². The highest BCUT2D eigenvalue weighted by atomic mass is 16.5. The van der Waals surface area contributed by atoms with Crippen LogP contribution in [0.2, 0.25) is 0 Å². The van der Waals surface area contributed by atoms with Crippen LogP contribution in [-0.2, 0) is 11.3 Å². The number of ether oxygens (including phenoxy) is 1. The minimum Gasteiger partial charge on any atom is -0.484 e. The zero-order chi connectivity index (χ0) is 17.6. The van der Waals surface area contributed by atoms with E-state index in [1.807, 2.05) is 31.2 Å². The molecule has 1 heterocycles. The molecular weight excluding hydrogens is 312 g/mol. The van der Waals surface area contributed by atoms with Gasteiger partial charge in [0.2, 0.25) is 0 Å². The molecule has 1 aromatic heterocycles. The molecule has 0 aliphatic heterocycles. The molecule has 0 spiro atoms. The number of fused-ring (bicyclic) bond motifs is 1. The van der Waals surface area contributed by atoms with Gasteiger partial charge in [0.05, 0.1) is 0 Å². The normalized spacial score (nSPS) is 10.8. The number of hydrogen-bond donors (Lipinski definition) is 1. The van der Waals surface area contributed by atoms with E-state index >= 15 is 0 Å². The number of para-hydroxylation sites is 1. The molecule has 25 heavy (non-hydrogen) atoms. The second-order valence-corrected chi connectivity index (χ2v) is 6.30. The second kappa shape index (κ2) is 7.88. The van der Waals surface area contributed by atoms with Crippen molar-refractivity contribution >= 4 is 16.8 Å². The standard InChI is InChI=1S/C21H24N2O2/c1-16-7-5-9-19(13-16)25-15-21(24)22-11-6-12-23-17(2)14-18-8-3-4-10-20(18)23/h3-5,7-10,13-14H,6,11-12,15H2,1-2H3,(H,22,24). The van der Waals surface area contributed by atoms with E-state index < -0.39 is 0 Å². The van der Waals surface area contributed by atoms with Crippen LogP contribution in [0.1, 0.15) is 17.7 Å². The van der Waals surface area contributed by atoms with Crippen molar-refractivity contribution in [2.75, 3.05) is 13.2 Å². The van der Waals surface area contributed by atoms with Crippen LogP contribution < -0.4 is 10.1 Å². The van der Waals surface area contributed by atoms with Crippen molar-refractivity contribution < 1.29 is 9.53 Å². The Morgan fingerprint density at radius 2 is 1.92 bits per heavy atom. The first-order valence-electron chi connectivity index (χ1n) is 8.64. The van der Waals surface area contributed by atoms with Gasteiger partial charge in [0.15, 0.2) is 6.61 Å². The summed E-state index contributed by atoms with van der Waals surface area (Å²) in [6.45, 7) is 5.70. The van der Waals surface area contributed by atoms with Gasteiger partial charge in [-0.25, -0.2) is 0 Å². The summed E-state index contributed by atoms with van der Waals surface area (Å²) in [5.41, 5.74) is 3.61. The van der Waals surface area contributed by atoms with Gasteiger partial charge in [-0.2, -0.15) is 0 Å². The highest BCUT2D eigenvalue weighted by Crippen LogP contribution is 2.19. The summed E-state index contributed by atoms with van der Waals surface area (Å²) in [6.07, 6.45) is 0.885. The molecule has 0 saturated carbocycles. The maximum atomic E-state index is 11.9. The van der Waals surface area contributed by atoms with Crippen LogP contribution in [0.5, 0.6) is 5.75 Å². The van der Waals surface area contributed by atoms with Crippen LogP contribution in [0.4, 0.5) is 0 Å². The molecule has 4 nitrogen and oxygen atoms in total. The molecular formula is C21H24N2O2. The van der Waals surface area contributed by atoms with Gasteiger partial charge >= 0.3 is 0 Å². The predicted octanol–water partition coefficient (Wildman–Crippen LogP) is 3.84. The molecule has 0 bridgehead atoms. The maximum absolute atomic E-state index is 11.9. The van der Waals surface area contributed by atoms with Crippen molar-refractivity contribution in [2.24, 2.45) is 0 Å². The van der Waals surface area contributed by atoms with Crippen molar-refractivity contribution in [1.82, 2.24) is 9.88 Å². The van der Waals surface area contributed by atoms with Gasteiger partial charge in [0.1, 0.15) is 5.75 Å². The van der Waals surface area contributed by atoms with Crippen LogP contribution in [0.3, 0.4) is 0 Å². The molecule has 1 N–H and O–H groups in total. The number of nitrogens with one attached hydrogen (secondary N) is 1. The molecule has 4 heteroatoms. The van der Waals surface area contributed by atoms with Crippen LogP contribution in [0.15, 0.2) is 54.6 Å².